The van der Waals surface area contributed by atoms with Crippen molar-refractivity contribution in [3.63, 3.8) is 0 Å². The summed E-state index contributed by atoms with van der Waals surface area (Å²) in [5, 5.41) is 3.35. The largest absolute Gasteiger partial charge is 0.438 e. The minimum Gasteiger partial charge on any atom is -0.438 e. The zero-order valence-corrected chi connectivity index (χ0v) is 22.0. The van der Waals surface area contributed by atoms with Gasteiger partial charge in [0.1, 0.15) is 17.3 Å². The molecule has 2 aromatic carbocycles. The number of pyridine rings is 1. The van der Waals surface area contributed by atoms with Crippen LogP contribution in [0, 0.1) is 18.6 Å². The number of nitrogens with one attached hydrogen (secondary N) is 2. The number of hydrogen-bond donors (Lipinski definition) is 2. The first-order valence-corrected chi connectivity index (χ1v) is 14.2. The van der Waals surface area contributed by atoms with Crippen molar-refractivity contribution in [2.75, 3.05) is 17.8 Å². The summed E-state index contributed by atoms with van der Waals surface area (Å²) in [6.45, 7) is 3.14. The molecule has 3 heterocycles. The Bertz CT molecular complexity index is 1580. The third-order valence-electron chi connectivity index (χ3n) is 6.46. The van der Waals surface area contributed by atoms with Crippen LogP contribution in [-0.2, 0) is 15.8 Å². The van der Waals surface area contributed by atoms with Crippen molar-refractivity contribution in [1.82, 2.24) is 20.3 Å². The highest BCUT2D eigenvalue weighted by atomic mass is 32.2. The number of halogens is 2. The monoisotopic (exact) mass is 551 g/mol. The summed E-state index contributed by atoms with van der Waals surface area (Å²) in [7, 11) is -4.08. The Morgan fingerprint density at radius 2 is 1.90 bits per heavy atom. The molecule has 1 aliphatic rings. The van der Waals surface area contributed by atoms with Crippen molar-refractivity contribution in [1.29, 1.82) is 0 Å². The first-order chi connectivity index (χ1) is 18.8. The van der Waals surface area contributed by atoms with Crippen molar-refractivity contribution < 1.29 is 21.9 Å². The highest BCUT2D eigenvalue weighted by molar-refractivity contribution is 7.91. The summed E-state index contributed by atoms with van der Waals surface area (Å²) in [4.78, 5) is 13.4. The summed E-state index contributed by atoms with van der Waals surface area (Å²) in [6.07, 6.45) is 5.18. The van der Waals surface area contributed by atoms with Gasteiger partial charge >= 0.3 is 0 Å². The molecule has 2 N–H and O–H groups in total. The minimum atomic E-state index is -4.08. The highest BCUT2D eigenvalue weighted by Crippen LogP contribution is 2.36. The fraction of sp³-hybridized carbons (Fsp3) is 0.250. The van der Waals surface area contributed by atoms with Gasteiger partial charge in [-0.15, -0.1) is 0 Å². The van der Waals surface area contributed by atoms with Crippen LogP contribution < -0.4 is 14.8 Å². The maximum Gasteiger partial charge on any atom is 0.237 e. The summed E-state index contributed by atoms with van der Waals surface area (Å²) in [6, 6.07) is 14.5. The van der Waals surface area contributed by atoms with Gasteiger partial charge in [0.25, 0.3) is 0 Å². The summed E-state index contributed by atoms with van der Waals surface area (Å²) < 4.78 is 63.5. The SMILES string of the molecule is Cc1c(Oc2ncccc2-c2ccnc(C3CCCNC3)n2)cc(F)c(NS(=O)(=O)Cc2ccccc2)c1F. The lowest BCUT2D eigenvalue weighted by atomic mass is 9.98. The molecule has 1 aliphatic heterocycles. The van der Waals surface area contributed by atoms with E-state index in [4.69, 9.17) is 9.72 Å². The van der Waals surface area contributed by atoms with Gasteiger partial charge in [0.15, 0.2) is 11.6 Å². The van der Waals surface area contributed by atoms with Gasteiger partial charge in [0.2, 0.25) is 15.9 Å². The zero-order chi connectivity index (χ0) is 27.4. The Balaban J connectivity index is 1.41. The van der Waals surface area contributed by atoms with E-state index in [0.717, 1.165) is 32.0 Å². The zero-order valence-electron chi connectivity index (χ0n) is 21.2. The number of benzene rings is 2. The van der Waals surface area contributed by atoms with Crippen molar-refractivity contribution in [2.45, 2.75) is 31.4 Å². The second-order valence-electron chi connectivity index (χ2n) is 9.32. The average molecular weight is 552 g/mol. The minimum absolute atomic E-state index is 0.0814. The molecule has 1 saturated heterocycles. The Labute approximate surface area is 225 Å². The van der Waals surface area contributed by atoms with Crippen LogP contribution >= 0.6 is 0 Å². The number of anilines is 1. The molecule has 1 fully saturated rings. The third-order valence-corrected chi connectivity index (χ3v) is 7.69. The van der Waals surface area contributed by atoms with Crippen molar-refractivity contribution in [3.8, 4) is 22.9 Å². The maximum atomic E-state index is 15.3. The molecule has 5 rings (SSSR count). The van der Waals surface area contributed by atoms with Crippen LogP contribution in [0.2, 0.25) is 0 Å². The van der Waals surface area contributed by atoms with E-state index in [1.807, 2.05) is 4.72 Å². The molecular formula is C28H27F2N5O3S. The molecule has 4 aromatic rings. The Hall–Kier alpha value is -3.96. The molecular weight excluding hydrogens is 524 g/mol. The molecule has 0 amide bonds. The Morgan fingerprint density at radius 1 is 1.08 bits per heavy atom. The number of hydrogen-bond acceptors (Lipinski definition) is 7. The van der Waals surface area contributed by atoms with Gasteiger partial charge in [-0.25, -0.2) is 32.2 Å². The van der Waals surface area contributed by atoms with Crippen molar-refractivity contribution in [3.05, 3.63) is 95.6 Å². The molecule has 2 aromatic heterocycles. The molecule has 202 valence electrons. The van der Waals surface area contributed by atoms with E-state index in [2.05, 4.69) is 15.3 Å². The van der Waals surface area contributed by atoms with E-state index >= 15 is 8.78 Å². The summed E-state index contributed by atoms with van der Waals surface area (Å²) in [5.74, 6) is -1.77. The van der Waals surface area contributed by atoms with Gasteiger partial charge in [0.05, 0.1) is 17.0 Å². The van der Waals surface area contributed by atoms with Crippen LogP contribution in [0.5, 0.6) is 11.6 Å². The number of ether oxygens (including phenoxy) is 1. The van der Waals surface area contributed by atoms with Crippen LogP contribution in [0.3, 0.4) is 0 Å². The van der Waals surface area contributed by atoms with Crippen molar-refractivity contribution >= 4 is 15.7 Å². The lowest BCUT2D eigenvalue weighted by Gasteiger charge is -2.21. The van der Waals surface area contributed by atoms with Crippen molar-refractivity contribution in [2.24, 2.45) is 0 Å². The number of nitrogens with zero attached hydrogens (tertiary/aromatic N) is 3. The number of aromatic nitrogens is 3. The first-order valence-electron chi connectivity index (χ1n) is 12.5. The highest BCUT2D eigenvalue weighted by Gasteiger charge is 2.24. The van der Waals surface area contributed by atoms with Gasteiger partial charge in [-0.1, -0.05) is 30.3 Å². The Kier molecular flexibility index (Phi) is 7.80. The van der Waals surface area contributed by atoms with E-state index in [1.165, 1.54) is 13.1 Å². The number of sulfonamides is 1. The molecule has 0 aliphatic carbocycles. The molecule has 1 atom stereocenters. The van der Waals surface area contributed by atoms with E-state index in [9.17, 15) is 8.42 Å². The summed E-state index contributed by atoms with van der Waals surface area (Å²) in [5.41, 5.74) is 0.730. The molecule has 0 saturated carbocycles. The molecule has 39 heavy (non-hydrogen) atoms. The fourth-order valence-corrected chi connectivity index (χ4v) is 5.65. The van der Waals surface area contributed by atoms with E-state index < -0.39 is 33.1 Å². The van der Waals surface area contributed by atoms with E-state index in [0.29, 0.717) is 22.6 Å². The fourth-order valence-electron chi connectivity index (χ4n) is 4.44. The van der Waals surface area contributed by atoms with Crippen LogP contribution in [0.4, 0.5) is 14.5 Å². The molecule has 0 bridgehead atoms. The number of piperidine rings is 1. The lowest BCUT2D eigenvalue weighted by molar-refractivity contribution is 0.445. The topological polar surface area (TPSA) is 106 Å². The van der Waals surface area contributed by atoms with Crippen LogP contribution in [0.25, 0.3) is 11.3 Å². The number of rotatable bonds is 8. The first kappa shape index (κ1) is 26.6. The predicted molar refractivity (Wildman–Crippen MR) is 144 cm³/mol. The maximum absolute atomic E-state index is 15.3. The van der Waals surface area contributed by atoms with Crippen LogP contribution in [0.1, 0.15) is 35.7 Å². The van der Waals surface area contributed by atoms with Gasteiger partial charge in [-0.3, -0.25) is 4.72 Å². The predicted octanol–water partition coefficient (Wildman–Crippen LogP) is 5.33. The molecule has 8 nitrogen and oxygen atoms in total. The average Bonchev–Trinajstić information content (AvgIpc) is 2.95. The smallest absolute Gasteiger partial charge is 0.237 e. The van der Waals surface area contributed by atoms with Gasteiger partial charge in [-0.2, -0.15) is 0 Å². The second-order valence-corrected chi connectivity index (χ2v) is 11.0. The molecule has 0 spiro atoms. The summed E-state index contributed by atoms with van der Waals surface area (Å²) >= 11 is 0. The Morgan fingerprint density at radius 3 is 2.67 bits per heavy atom. The second kappa shape index (κ2) is 11.4. The van der Waals surface area contributed by atoms with E-state index in [1.54, 1.807) is 54.7 Å². The van der Waals surface area contributed by atoms with Crippen LogP contribution in [-0.4, -0.2) is 36.5 Å². The van der Waals surface area contributed by atoms with E-state index in [-0.39, 0.29) is 23.1 Å². The molecule has 0 radical (unpaired) electrons. The molecule has 1 unspecified atom stereocenters. The third kappa shape index (κ3) is 6.21. The molecule has 11 heteroatoms. The quantitative estimate of drug-likeness (QED) is 0.305. The van der Waals surface area contributed by atoms with Gasteiger partial charge in [-0.05, 0) is 50.1 Å². The lowest BCUT2D eigenvalue weighted by Crippen LogP contribution is -2.29. The van der Waals surface area contributed by atoms with Gasteiger partial charge in [0, 0.05) is 36.5 Å². The van der Waals surface area contributed by atoms with Crippen LogP contribution in [0.15, 0.2) is 67.0 Å². The normalized spacial score (nSPS) is 15.6. The van der Waals surface area contributed by atoms with Gasteiger partial charge < -0.3 is 10.1 Å². The standard InChI is InChI=1S/C28H27F2N5O3S/c1-18-24(15-22(29)26(25(18)30)35-39(36,37)17-19-7-3-2-4-8-19)38-28-21(10-6-13-33-28)23-11-14-32-27(34-23)20-9-5-12-31-16-20/h2-4,6-8,10-11,13-15,20,31,35H,5,9,12,16-17H2,1H3.